The molecular formula is C43H62AsBBr6F16I3N26O5Os6PS2-12. The van der Waals surface area contributed by atoms with Crippen LogP contribution in [0.3, 0.4) is 0 Å². The normalized spacial score (nSPS) is 15.9. The Balaban J connectivity index is -0.0000000944. The molecular weight excluding hydrogens is 3450 g/mol. The topological polar surface area (TPSA) is 334 Å². The van der Waals surface area contributed by atoms with Crippen LogP contribution in [0, 0.1) is 80.0 Å². The zero-order valence-corrected chi connectivity index (χ0v) is 88.8. The fourth-order valence-corrected chi connectivity index (χ4v) is 5.11. The monoisotopic (exact) mass is 3510 g/mol. The van der Waals surface area contributed by atoms with Crippen molar-refractivity contribution >= 4 is 198 Å². The van der Waals surface area contributed by atoms with Gasteiger partial charge >= 0.3 is 284 Å². The maximum atomic E-state index is 9.89. The summed E-state index contributed by atoms with van der Waals surface area (Å²) in [5, 5.41) is 90.1. The van der Waals surface area contributed by atoms with E-state index in [9.17, 15) is 55.5 Å². The van der Waals surface area contributed by atoms with E-state index in [4.69, 9.17) is 30.6 Å². The number of halogens is 25. The van der Waals surface area contributed by atoms with E-state index in [2.05, 4.69) is 209 Å². The second-order valence-corrected chi connectivity index (χ2v) is 72.0. The third kappa shape index (κ3) is 105. The predicted octanol–water partition coefficient (Wildman–Crippen LogP) is 4.49. The van der Waals surface area contributed by atoms with Crippen LogP contribution in [0.1, 0.15) is 21.3 Å². The van der Waals surface area contributed by atoms with Gasteiger partial charge in [0.1, 0.15) is 0 Å². The molecule has 0 saturated carbocycles. The Hall–Kier alpha value is -0.598. The van der Waals surface area contributed by atoms with Gasteiger partial charge in [-0.2, -0.15) is 10.3 Å². The molecule has 0 saturated heterocycles. The minimum absolute atomic E-state index is 0. The van der Waals surface area contributed by atoms with Crippen molar-refractivity contribution < 1.29 is 204 Å². The Labute approximate surface area is 775 Å². The predicted molar refractivity (Wildman–Crippen MR) is 405 cm³/mol. The third-order valence-corrected chi connectivity index (χ3v) is 7.96. The molecule has 0 aromatic carbocycles. The number of carboxylic acids is 2. The van der Waals surface area contributed by atoms with E-state index < -0.39 is 42.1 Å². The van der Waals surface area contributed by atoms with Crippen LogP contribution in [0.25, 0.3) is 10.8 Å². The van der Waals surface area contributed by atoms with E-state index in [1.807, 2.05) is 289 Å². The summed E-state index contributed by atoms with van der Waals surface area (Å²) in [4.78, 5) is 18.0. The van der Waals surface area contributed by atoms with Crippen LogP contribution < -0.4 is 97.2 Å². The second-order valence-electron chi connectivity index (χ2n) is 15.2. The number of thiocarbonyl (C=S) groups is 2. The largest absolute Gasteiger partial charge is 4.00 e. The van der Waals surface area contributed by atoms with Crippen molar-refractivity contribution in [1.29, 1.82) is 0 Å². The molecule has 67 heteroatoms. The van der Waals surface area contributed by atoms with E-state index in [1.54, 1.807) is 0 Å². The Bertz CT molecular complexity index is 2260. The zero-order chi connectivity index (χ0) is 79.7. The number of aliphatic carboxylic acids is 2. The van der Waals surface area contributed by atoms with Gasteiger partial charge in [-0.15, -0.1) is 80.0 Å². The first-order chi connectivity index (χ1) is 48.2. The number of carbonyl (C=O) groups is 2. The number of carboxylic acid groups (broad SMARTS) is 2. The second kappa shape index (κ2) is 82.1. The number of hydrogen-bond donors (Lipinski definition) is 14. The van der Waals surface area contributed by atoms with Crippen LogP contribution in [-0.2, 0) is 99.8 Å². The van der Waals surface area contributed by atoms with E-state index in [0.717, 1.165) is 13.8 Å². The molecule has 0 atom stereocenters. The molecule has 12 heterocycles. The first-order valence-corrected chi connectivity index (χ1v) is 78.7. The molecule has 12 rings (SSSR count). The molecule has 0 aromatic heterocycles. The van der Waals surface area contributed by atoms with Crippen molar-refractivity contribution in [3.8, 4) is 0 Å². The summed E-state index contributed by atoms with van der Waals surface area (Å²) >= 11 is 22.6. The van der Waals surface area contributed by atoms with E-state index in [-0.39, 0.29) is 126 Å². The van der Waals surface area contributed by atoms with Gasteiger partial charge in [0.15, 0.2) is 0 Å². The van der Waals surface area contributed by atoms with Crippen molar-refractivity contribution in [1.82, 2.24) is 124 Å². The van der Waals surface area contributed by atoms with Gasteiger partial charge in [-0.25, -0.2) is 0 Å². The number of hydrazine groups is 6. The SMILES string of the molecule is C.C1=CN(N2C=CN[CH-]2)[CH-]N1.C1=CN(N2C=CN[CH-]2)[CH-]N1.C1=CN(N2C=CN[CH-]2)[CH-]N1.C1=CN(N2C=CN[CH-]2)[CH-]N1.C1=CN(N2C=CN[CH-]2)[CH-]N1.C1=CN(N2C=CN[CH-]2)[CH-]N1.CC(=O)O.CC(=O)O.FB(F)F.F[As](F)(F)(F)F.F[P-](F)(F)(F)(F)F.O.[Br][Os][Br].[Br][Os][Br].[Br][Os][Br].[F-].[F-].[I-].[I][Os][I].[N-]=C=S.[N-]=C=S.[Os+2].[Os+4]. The number of nitrogens with zero attached hydrogens (tertiary/aromatic N) is 14. The molecule has 110 heavy (non-hydrogen) atoms. The summed E-state index contributed by atoms with van der Waals surface area (Å²) in [5.41, 5.74) is 0. The van der Waals surface area contributed by atoms with Crippen molar-refractivity contribution in [2.75, 3.05) is 0 Å². The van der Waals surface area contributed by atoms with Gasteiger partial charge in [-0.3, -0.25) is 22.5 Å². The van der Waals surface area contributed by atoms with E-state index in [0.29, 0.717) is 10.3 Å². The summed E-state index contributed by atoms with van der Waals surface area (Å²) in [6, 6.07) is 0. The average Bonchev–Trinajstić information content (AvgIpc) is 1.24. The maximum absolute atomic E-state index is 10.7. The van der Waals surface area contributed by atoms with Crippen LogP contribution in [0.5, 0.6) is 0 Å². The Morgan fingerprint density at radius 3 is 0.491 bits per heavy atom. The van der Waals surface area contributed by atoms with Crippen molar-refractivity contribution in [3.63, 3.8) is 0 Å². The number of nitrogens with one attached hydrogen (secondary N) is 12. The molecule has 654 valence electrons. The van der Waals surface area contributed by atoms with Crippen LogP contribution in [0.4, 0.5) is 55.5 Å². The summed E-state index contributed by atoms with van der Waals surface area (Å²) in [6.07, 6.45) is 45.4. The van der Waals surface area contributed by atoms with Crippen LogP contribution in [-0.4, -0.2) is 120 Å². The molecule has 0 aromatic rings. The third-order valence-electron chi connectivity index (χ3n) is 7.96. The fourth-order valence-electron chi connectivity index (χ4n) is 5.11. The van der Waals surface area contributed by atoms with E-state index >= 15 is 0 Å². The Morgan fingerprint density at radius 2 is 0.464 bits per heavy atom. The van der Waals surface area contributed by atoms with Crippen LogP contribution >= 0.6 is 153 Å². The summed E-state index contributed by atoms with van der Waals surface area (Å²) in [7, 11) is -14.0. The average molecular weight is 3510 g/mol. The molecule has 0 fully saturated rings. The van der Waals surface area contributed by atoms with Gasteiger partial charge in [0.05, 0.1) is 0 Å². The van der Waals surface area contributed by atoms with Crippen molar-refractivity contribution in [2.24, 2.45) is 0 Å². The Kier molecular flexibility index (Phi) is 101. The minimum Gasteiger partial charge on any atom is -0.753 e. The Morgan fingerprint density at radius 1 is 0.418 bits per heavy atom. The minimum atomic E-state index is -10.7. The molecule has 12 aliphatic heterocycles. The van der Waals surface area contributed by atoms with Crippen LogP contribution in [0.2, 0.25) is 0 Å². The maximum Gasteiger partial charge on any atom is 4.00 e. The van der Waals surface area contributed by atoms with Gasteiger partial charge < -0.3 is 184 Å². The van der Waals surface area contributed by atoms with Gasteiger partial charge in [-0.05, 0) is 74.4 Å². The smallest absolute Gasteiger partial charge is 0.753 e. The quantitative estimate of drug-likeness (QED) is 0.0331. The molecule has 0 bridgehead atoms. The molecule has 0 spiro atoms. The number of isothiocyanates is 2. The fraction of sp³-hybridized carbons (Fsp3) is 0.0698. The van der Waals surface area contributed by atoms with Gasteiger partial charge in [0, 0.05) is 88.2 Å². The molecule has 0 aliphatic carbocycles. The molecule has 12 aliphatic rings. The van der Waals surface area contributed by atoms with Crippen molar-refractivity contribution in [3.05, 3.63) is 240 Å². The number of rotatable bonds is 6. The van der Waals surface area contributed by atoms with Crippen molar-refractivity contribution in [2.45, 2.75) is 21.3 Å². The van der Waals surface area contributed by atoms with Gasteiger partial charge in [0.25, 0.3) is 11.9 Å². The first kappa shape index (κ1) is 136. The molecule has 0 radical (unpaired) electrons. The van der Waals surface area contributed by atoms with Gasteiger partial charge in [0.2, 0.25) is 0 Å². The molecule has 0 unspecified atom stereocenters. The molecule has 31 nitrogen and oxygen atoms in total. The summed E-state index contributed by atoms with van der Waals surface area (Å²) < 4.78 is 138. The molecule has 0 amide bonds. The van der Waals surface area contributed by atoms with Gasteiger partial charge in [-0.1, -0.05) is 31.9 Å². The summed E-state index contributed by atoms with van der Waals surface area (Å²) in [6.45, 7) is 24.4. The standard InChI is InChI=1S/6C6H8N4.2C2H4O2.2CNS.CH4.AsF5.BF3.6BrH.F6P.2FH.3HI.H2O.6Os/c6*1-3-9(5-7-1)10-4-2-8-6-10;2*1-2(3)4;2*2-1-3;;2-1(3,4,5)6;2-1(3)4;;;;;;;1-7(2,3,4,5)6;;;;;;;;;;;;/h6*1-8H;2*1H3,(H,3,4);;;1H4;;;6*1H;;5*1H;1H2;;;;;;/q6*-2;;;2*-1;;;;;;;;;;-1;;;;;;;5*+2;+4/p-11. The molecule has 16 N–H and O–H groups in total. The number of hydrogen-bond acceptors (Lipinski definition) is 28. The zero-order valence-electron chi connectivity index (χ0n) is 53.1. The van der Waals surface area contributed by atoms with E-state index in [1.165, 1.54) is 10.3 Å². The summed E-state index contributed by atoms with van der Waals surface area (Å²) in [5.74, 6) is -1.67. The van der Waals surface area contributed by atoms with Crippen LogP contribution in [0.15, 0.2) is 149 Å². The first-order valence-electron chi connectivity index (χ1n) is 24.6.